The van der Waals surface area contributed by atoms with Crippen LogP contribution in [0.5, 0.6) is 0 Å². The summed E-state index contributed by atoms with van der Waals surface area (Å²) < 4.78 is 5.48. The molecular weight excluding hydrogens is 260 g/mol. The van der Waals surface area contributed by atoms with E-state index in [1.165, 1.54) is 0 Å². The molecule has 0 amide bonds. The second-order valence-corrected chi connectivity index (χ2v) is 5.57. The Morgan fingerprint density at radius 2 is 2.05 bits per heavy atom. The molecule has 112 valence electrons. The topological polar surface area (TPSA) is 93.5 Å². The summed E-state index contributed by atoms with van der Waals surface area (Å²) in [7, 11) is 0. The van der Waals surface area contributed by atoms with Crippen molar-refractivity contribution in [3.63, 3.8) is 0 Å². The average molecular weight is 282 g/mol. The van der Waals surface area contributed by atoms with Crippen molar-refractivity contribution in [2.45, 2.75) is 50.8 Å². The third-order valence-corrected chi connectivity index (χ3v) is 3.93. The van der Waals surface area contributed by atoms with Crippen LogP contribution in [0.4, 0.5) is 0 Å². The van der Waals surface area contributed by atoms with Crippen molar-refractivity contribution in [1.82, 2.24) is 0 Å². The maximum Gasteiger partial charge on any atom is 0.157 e. The highest BCUT2D eigenvalue weighted by atomic mass is 16.6. The number of ether oxygens (including phenoxy) is 1. The van der Waals surface area contributed by atoms with E-state index in [1.54, 1.807) is 25.2 Å². The molecule has 0 bridgehead atoms. The summed E-state index contributed by atoms with van der Waals surface area (Å²) in [4.78, 5) is 0. The van der Waals surface area contributed by atoms with Gasteiger partial charge in [0.2, 0.25) is 0 Å². The number of hydrogen-bond donors (Lipinski definition) is 4. The monoisotopic (exact) mass is 282 g/mol. The van der Waals surface area contributed by atoms with Crippen molar-refractivity contribution in [2.75, 3.05) is 6.61 Å². The zero-order chi connectivity index (χ0) is 15.1. The van der Waals surface area contributed by atoms with Gasteiger partial charge in [-0.05, 0) is 31.9 Å². The number of allylic oxidation sites excluding steroid dienone is 2. The van der Waals surface area contributed by atoms with E-state index < -0.39 is 30.0 Å². The Labute approximate surface area is 118 Å². The van der Waals surface area contributed by atoms with E-state index in [0.29, 0.717) is 11.1 Å². The lowest BCUT2D eigenvalue weighted by atomic mass is 9.76. The fourth-order valence-corrected chi connectivity index (χ4v) is 2.90. The van der Waals surface area contributed by atoms with Gasteiger partial charge in [0.15, 0.2) is 5.60 Å². The molecule has 5 heteroatoms. The van der Waals surface area contributed by atoms with Crippen molar-refractivity contribution in [3.05, 3.63) is 34.9 Å². The van der Waals surface area contributed by atoms with E-state index in [4.69, 9.17) is 4.74 Å². The molecule has 1 fully saturated rings. The fourth-order valence-electron chi connectivity index (χ4n) is 2.90. The number of fused-ring (bicyclic) bond motifs is 1. The minimum absolute atomic E-state index is 0.345. The number of hydrogen-bond acceptors (Lipinski definition) is 5. The predicted molar refractivity (Wildman–Crippen MR) is 74.0 cm³/mol. The Balaban J connectivity index is 2.43. The number of aliphatic hydroxyl groups excluding tert-OH is 4. The molecule has 0 saturated carbocycles. The van der Waals surface area contributed by atoms with E-state index in [0.717, 1.165) is 5.57 Å². The Hall–Kier alpha value is -0.980. The van der Waals surface area contributed by atoms with Crippen LogP contribution in [0.1, 0.15) is 20.8 Å². The van der Waals surface area contributed by atoms with Gasteiger partial charge >= 0.3 is 0 Å². The second-order valence-electron chi connectivity index (χ2n) is 5.57. The van der Waals surface area contributed by atoms with E-state index in [1.807, 2.05) is 13.8 Å². The smallest absolute Gasteiger partial charge is 0.157 e. The molecule has 0 aromatic rings. The number of epoxide rings is 1. The lowest BCUT2D eigenvalue weighted by Gasteiger charge is -2.32. The summed E-state index contributed by atoms with van der Waals surface area (Å²) in [6, 6.07) is 0. The highest BCUT2D eigenvalue weighted by molar-refractivity contribution is 5.45. The highest BCUT2D eigenvalue weighted by Crippen LogP contribution is 2.52. The van der Waals surface area contributed by atoms with Crippen LogP contribution in [0.3, 0.4) is 0 Å². The summed E-state index contributed by atoms with van der Waals surface area (Å²) >= 11 is 0. The first-order valence-electron chi connectivity index (χ1n) is 6.73. The molecule has 5 atom stereocenters. The molecule has 0 unspecified atom stereocenters. The first kappa shape index (κ1) is 15.4. The third kappa shape index (κ3) is 2.16. The second kappa shape index (κ2) is 5.42. The van der Waals surface area contributed by atoms with Crippen LogP contribution < -0.4 is 0 Å². The van der Waals surface area contributed by atoms with Crippen LogP contribution in [0.15, 0.2) is 34.9 Å². The zero-order valence-corrected chi connectivity index (χ0v) is 11.9. The van der Waals surface area contributed by atoms with Crippen LogP contribution in [0.25, 0.3) is 0 Å². The summed E-state index contributed by atoms with van der Waals surface area (Å²) in [5.74, 6) is 0. The van der Waals surface area contributed by atoms with Gasteiger partial charge in [0.25, 0.3) is 0 Å². The summed E-state index contributed by atoms with van der Waals surface area (Å²) in [6.07, 6.45) is 1.14. The van der Waals surface area contributed by atoms with Crippen LogP contribution >= 0.6 is 0 Å². The van der Waals surface area contributed by atoms with Gasteiger partial charge in [-0.3, -0.25) is 0 Å². The molecule has 1 aliphatic heterocycles. The molecule has 20 heavy (non-hydrogen) atoms. The van der Waals surface area contributed by atoms with Crippen molar-refractivity contribution < 1.29 is 25.2 Å². The van der Waals surface area contributed by atoms with Crippen molar-refractivity contribution in [2.24, 2.45) is 0 Å². The molecule has 0 radical (unpaired) electrons. The van der Waals surface area contributed by atoms with Crippen LogP contribution in [-0.2, 0) is 4.74 Å². The van der Waals surface area contributed by atoms with Gasteiger partial charge in [-0.15, -0.1) is 0 Å². The molecule has 0 aromatic heterocycles. The average Bonchev–Trinajstić information content (AvgIpc) is 3.13. The van der Waals surface area contributed by atoms with Crippen molar-refractivity contribution in [1.29, 1.82) is 0 Å². The Bertz CT molecular complexity index is 475. The number of aliphatic hydroxyl groups is 4. The van der Waals surface area contributed by atoms with Gasteiger partial charge in [-0.2, -0.15) is 0 Å². The highest BCUT2D eigenvalue weighted by Gasteiger charge is 2.71. The van der Waals surface area contributed by atoms with E-state index in [2.05, 4.69) is 0 Å². The minimum Gasteiger partial charge on any atom is -0.392 e. The van der Waals surface area contributed by atoms with E-state index in [9.17, 15) is 20.4 Å². The number of rotatable bonds is 4. The van der Waals surface area contributed by atoms with E-state index in [-0.39, 0.29) is 6.61 Å². The third-order valence-electron chi connectivity index (χ3n) is 3.93. The molecule has 5 nitrogen and oxygen atoms in total. The van der Waals surface area contributed by atoms with Crippen LogP contribution in [-0.4, -0.2) is 57.0 Å². The lowest BCUT2D eigenvalue weighted by Crippen LogP contribution is -2.50. The maximum atomic E-state index is 10.5. The minimum atomic E-state index is -1.22. The molecule has 2 aliphatic rings. The lowest BCUT2D eigenvalue weighted by molar-refractivity contribution is 0.0222. The van der Waals surface area contributed by atoms with Crippen LogP contribution in [0, 0.1) is 0 Å². The van der Waals surface area contributed by atoms with Gasteiger partial charge in [0.05, 0.1) is 6.61 Å². The molecule has 4 N–H and O–H groups in total. The maximum absolute atomic E-state index is 10.5. The van der Waals surface area contributed by atoms with Gasteiger partial charge in [0.1, 0.15) is 24.4 Å². The molecule has 2 rings (SSSR count). The Kier molecular flexibility index (Phi) is 4.18. The normalized spacial score (nSPS) is 37.9. The van der Waals surface area contributed by atoms with Gasteiger partial charge in [0, 0.05) is 0 Å². The largest absolute Gasteiger partial charge is 0.392 e. The molecule has 0 aromatic carbocycles. The SMILES string of the molecule is C/C=C/C1=C(CO)[C@@H](O)[C@@H]2O[C@]2([C@H](O)C=C(C)C)[C@@H]1O. The Morgan fingerprint density at radius 3 is 2.55 bits per heavy atom. The molecule has 1 heterocycles. The fraction of sp³-hybridized carbons (Fsp3) is 0.600. The molecule has 0 spiro atoms. The van der Waals surface area contributed by atoms with Crippen molar-refractivity contribution >= 4 is 0 Å². The van der Waals surface area contributed by atoms with E-state index >= 15 is 0 Å². The first-order valence-corrected chi connectivity index (χ1v) is 6.73. The van der Waals surface area contributed by atoms with Crippen LogP contribution in [0.2, 0.25) is 0 Å². The predicted octanol–water partition coefficient (Wildman–Crippen LogP) is 0.0515. The summed E-state index contributed by atoms with van der Waals surface area (Å²) in [6.45, 7) is 5.10. The first-order chi connectivity index (χ1) is 9.40. The van der Waals surface area contributed by atoms with Gasteiger partial charge in [-0.25, -0.2) is 0 Å². The van der Waals surface area contributed by atoms with Gasteiger partial charge < -0.3 is 25.2 Å². The molecule has 1 aliphatic carbocycles. The van der Waals surface area contributed by atoms with Gasteiger partial charge in [-0.1, -0.05) is 23.8 Å². The standard InChI is InChI=1S/C15H22O5/c1-4-5-9-10(7-16)12(18)14-15(20-14,13(9)19)11(17)6-8(2)3/h4-6,11-14,16-19H,7H2,1-3H3/b5-4+/t11-,12-,13-,14+,15-/m1/s1. The quantitative estimate of drug-likeness (QED) is 0.432. The van der Waals surface area contributed by atoms with Crippen molar-refractivity contribution in [3.8, 4) is 0 Å². The molecular formula is C15H22O5. The summed E-state index contributed by atoms with van der Waals surface area (Å²) in [5.41, 5.74) is 0.437. The molecule has 1 saturated heterocycles. The Morgan fingerprint density at radius 1 is 1.40 bits per heavy atom. The zero-order valence-electron chi connectivity index (χ0n) is 11.9. The summed E-state index contributed by atoms with van der Waals surface area (Å²) in [5, 5.41) is 40.4.